The van der Waals surface area contributed by atoms with Gasteiger partial charge in [-0.2, -0.15) is 0 Å². The fourth-order valence-electron chi connectivity index (χ4n) is 1.93. The number of aliphatic imine (C=N–C) groups is 1. The molecule has 0 atom stereocenters. The third-order valence-corrected chi connectivity index (χ3v) is 3.18. The molecule has 0 unspecified atom stereocenters. The first-order chi connectivity index (χ1) is 11.3. The van der Waals surface area contributed by atoms with Crippen LogP contribution in [0.4, 0.5) is 13.2 Å². The molecule has 2 aromatic rings. The van der Waals surface area contributed by atoms with Crippen LogP contribution in [0.3, 0.4) is 0 Å². The van der Waals surface area contributed by atoms with Crippen molar-refractivity contribution < 1.29 is 17.9 Å². The zero-order valence-electron chi connectivity index (χ0n) is 13.1. The van der Waals surface area contributed by atoms with Crippen LogP contribution in [0.5, 0.6) is 5.75 Å². The fourth-order valence-corrected chi connectivity index (χ4v) is 1.93. The second-order valence-corrected chi connectivity index (χ2v) is 5.23. The first-order valence-corrected chi connectivity index (χ1v) is 7.26. The van der Waals surface area contributed by atoms with E-state index >= 15 is 0 Å². The second-order valence-electron chi connectivity index (χ2n) is 5.23. The van der Waals surface area contributed by atoms with Crippen LogP contribution in [0.1, 0.15) is 16.7 Å². The lowest BCUT2D eigenvalue weighted by molar-refractivity contribution is -0.274. The number of nitrogens with zero attached hydrogens (tertiary/aromatic N) is 1. The summed E-state index contributed by atoms with van der Waals surface area (Å²) in [6.07, 6.45) is -4.69. The average molecular weight is 337 g/mol. The van der Waals surface area contributed by atoms with Crippen molar-refractivity contribution in [3.63, 3.8) is 0 Å². The van der Waals surface area contributed by atoms with Crippen molar-refractivity contribution in [3.8, 4) is 5.75 Å². The molecule has 0 amide bonds. The number of alkyl halides is 3. The van der Waals surface area contributed by atoms with Crippen LogP contribution in [0.2, 0.25) is 0 Å². The molecular weight excluding hydrogens is 319 g/mol. The Labute approximate surface area is 138 Å². The number of hydrogen-bond acceptors (Lipinski definition) is 2. The lowest BCUT2D eigenvalue weighted by atomic mass is 10.1. The molecule has 2 aromatic carbocycles. The molecule has 0 fully saturated rings. The Kier molecular flexibility index (Phi) is 5.68. The van der Waals surface area contributed by atoms with E-state index < -0.39 is 6.36 Å². The van der Waals surface area contributed by atoms with Gasteiger partial charge in [0.15, 0.2) is 5.96 Å². The van der Waals surface area contributed by atoms with E-state index in [2.05, 4.69) is 15.0 Å². The molecule has 0 aromatic heterocycles. The smallest absolute Gasteiger partial charge is 0.406 e. The second kappa shape index (κ2) is 7.72. The normalized spacial score (nSPS) is 12.1. The third kappa shape index (κ3) is 6.20. The topological polar surface area (TPSA) is 59.6 Å². The van der Waals surface area contributed by atoms with Crippen molar-refractivity contribution in [1.29, 1.82) is 0 Å². The van der Waals surface area contributed by atoms with Gasteiger partial charge in [-0.3, -0.25) is 0 Å². The minimum atomic E-state index is -4.69. The van der Waals surface area contributed by atoms with Gasteiger partial charge in [-0.15, -0.1) is 13.2 Å². The number of hydrogen-bond donors (Lipinski definition) is 2. The van der Waals surface area contributed by atoms with E-state index in [0.717, 1.165) is 11.1 Å². The highest BCUT2D eigenvalue weighted by molar-refractivity contribution is 5.77. The number of rotatable bonds is 5. The maximum absolute atomic E-state index is 12.1. The highest BCUT2D eigenvalue weighted by Crippen LogP contribution is 2.22. The van der Waals surface area contributed by atoms with Crippen LogP contribution >= 0.6 is 0 Å². The average Bonchev–Trinajstić information content (AvgIpc) is 2.52. The van der Waals surface area contributed by atoms with Gasteiger partial charge in [0.1, 0.15) is 5.75 Å². The Balaban J connectivity index is 1.84. The standard InChI is InChI=1S/C17H18F3N3O/c1-12-2-4-13(5-3-12)10-22-16(21)23-11-14-6-8-15(9-7-14)24-17(18,19)20/h2-9H,10-11H2,1H3,(H3,21,22,23). The summed E-state index contributed by atoms with van der Waals surface area (Å²) in [5.41, 5.74) is 8.76. The monoisotopic (exact) mass is 337 g/mol. The summed E-state index contributed by atoms with van der Waals surface area (Å²) in [7, 11) is 0. The van der Waals surface area contributed by atoms with E-state index in [1.807, 2.05) is 31.2 Å². The molecule has 7 heteroatoms. The molecule has 128 valence electrons. The van der Waals surface area contributed by atoms with E-state index in [4.69, 9.17) is 5.73 Å². The molecule has 4 nitrogen and oxygen atoms in total. The first-order valence-electron chi connectivity index (χ1n) is 7.26. The molecule has 0 spiro atoms. The maximum Gasteiger partial charge on any atom is 0.573 e. The van der Waals surface area contributed by atoms with Crippen molar-refractivity contribution in [3.05, 3.63) is 65.2 Å². The fraction of sp³-hybridized carbons (Fsp3) is 0.235. The number of benzene rings is 2. The van der Waals surface area contributed by atoms with E-state index in [-0.39, 0.29) is 18.3 Å². The van der Waals surface area contributed by atoms with E-state index in [9.17, 15) is 13.2 Å². The molecule has 24 heavy (non-hydrogen) atoms. The van der Waals surface area contributed by atoms with Crippen LogP contribution in [0.15, 0.2) is 53.5 Å². The molecule has 0 saturated carbocycles. The molecule has 3 N–H and O–H groups in total. The third-order valence-electron chi connectivity index (χ3n) is 3.18. The molecular formula is C17H18F3N3O. The maximum atomic E-state index is 12.1. The summed E-state index contributed by atoms with van der Waals surface area (Å²) in [5.74, 6) is 0.00638. The van der Waals surface area contributed by atoms with Gasteiger partial charge in [-0.05, 0) is 30.2 Å². The predicted octanol–water partition coefficient (Wildman–Crippen LogP) is 3.50. The lowest BCUT2D eigenvalue weighted by Crippen LogP contribution is -2.31. The van der Waals surface area contributed by atoms with Crippen molar-refractivity contribution in [2.75, 3.05) is 0 Å². The molecule has 2 rings (SSSR count). The Bertz CT molecular complexity index is 680. The number of nitrogens with one attached hydrogen (secondary N) is 1. The predicted molar refractivity (Wildman–Crippen MR) is 86.5 cm³/mol. The Morgan fingerprint density at radius 3 is 2.21 bits per heavy atom. The number of nitrogens with two attached hydrogens (primary N) is 1. The number of ether oxygens (including phenoxy) is 1. The molecule has 0 aliphatic rings. The van der Waals surface area contributed by atoms with Gasteiger partial charge in [0.25, 0.3) is 0 Å². The molecule has 0 saturated heterocycles. The summed E-state index contributed by atoms with van der Waals surface area (Å²) >= 11 is 0. The van der Waals surface area contributed by atoms with Crippen molar-refractivity contribution in [2.24, 2.45) is 10.7 Å². The van der Waals surface area contributed by atoms with Gasteiger partial charge in [0, 0.05) is 6.54 Å². The highest BCUT2D eigenvalue weighted by atomic mass is 19.4. The van der Waals surface area contributed by atoms with Crippen LogP contribution in [-0.4, -0.2) is 12.3 Å². The van der Waals surface area contributed by atoms with Crippen molar-refractivity contribution in [1.82, 2.24) is 5.32 Å². The quantitative estimate of drug-likeness (QED) is 0.648. The van der Waals surface area contributed by atoms with Gasteiger partial charge in [-0.1, -0.05) is 42.0 Å². The van der Waals surface area contributed by atoms with Crippen LogP contribution in [0.25, 0.3) is 0 Å². The highest BCUT2D eigenvalue weighted by Gasteiger charge is 2.30. The number of aryl methyl sites for hydroxylation is 1. The summed E-state index contributed by atoms with van der Waals surface area (Å²) in [6.45, 7) is 2.82. The van der Waals surface area contributed by atoms with Crippen LogP contribution < -0.4 is 15.8 Å². The van der Waals surface area contributed by atoms with Gasteiger partial charge in [-0.25, -0.2) is 4.99 Å². The Morgan fingerprint density at radius 2 is 1.62 bits per heavy atom. The summed E-state index contributed by atoms with van der Waals surface area (Å²) in [4.78, 5) is 4.15. The van der Waals surface area contributed by atoms with Crippen molar-refractivity contribution in [2.45, 2.75) is 26.4 Å². The summed E-state index contributed by atoms with van der Waals surface area (Å²) in [6, 6.07) is 13.5. The lowest BCUT2D eigenvalue weighted by Gasteiger charge is -2.09. The molecule has 0 heterocycles. The van der Waals surface area contributed by atoms with E-state index in [1.165, 1.54) is 29.8 Å². The SMILES string of the molecule is Cc1ccc(CNC(N)=NCc2ccc(OC(F)(F)F)cc2)cc1. The minimum Gasteiger partial charge on any atom is -0.406 e. The number of guanidine groups is 1. The van der Waals surface area contributed by atoms with Gasteiger partial charge < -0.3 is 15.8 Å². The molecule has 0 radical (unpaired) electrons. The van der Waals surface area contributed by atoms with E-state index in [0.29, 0.717) is 6.54 Å². The molecule has 0 bridgehead atoms. The zero-order chi connectivity index (χ0) is 17.6. The molecule has 0 aliphatic carbocycles. The number of halogens is 3. The van der Waals surface area contributed by atoms with Crippen LogP contribution in [-0.2, 0) is 13.1 Å². The molecule has 0 aliphatic heterocycles. The van der Waals surface area contributed by atoms with Gasteiger partial charge >= 0.3 is 6.36 Å². The van der Waals surface area contributed by atoms with Gasteiger partial charge in [0.2, 0.25) is 0 Å². The van der Waals surface area contributed by atoms with Crippen LogP contribution in [0, 0.1) is 6.92 Å². The minimum absolute atomic E-state index is 0.263. The van der Waals surface area contributed by atoms with Gasteiger partial charge in [0.05, 0.1) is 6.54 Å². The van der Waals surface area contributed by atoms with Crippen molar-refractivity contribution >= 4 is 5.96 Å². The summed E-state index contributed by atoms with van der Waals surface area (Å²) in [5, 5.41) is 2.99. The van der Waals surface area contributed by atoms with E-state index in [1.54, 1.807) is 0 Å². The Hall–Kier alpha value is -2.70. The first kappa shape index (κ1) is 17.7. The largest absolute Gasteiger partial charge is 0.573 e. The Morgan fingerprint density at radius 1 is 1.04 bits per heavy atom. The zero-order valence-corrected chi connectivity index (χ0v) is 13.1. The summed E-state index contributed by atoms with van der Waals surface area (Å²) < 4.78 is 40.0.